The fourth-order valence-corrected chi connectivity index (χ4v) is 4.44. The Morgan fingerprint density at radius 3 is 2.85 bits per heavy atom. The van der Waals surface area contributed by atoms with Crippen molar-refractivity contribution in [3.05, 3.63) is 12.7 Å². The maximum absolute atomic E-state index is 10.7. The number of aliphatic carboxylic acids is 1. The summed E-state index contributed by atoms with van der Waals surface area (Å²) < 4.78 is 1.73. The van der Waals surface area contributed by atoms with Gasteiger partial charge in [-0.15, -0.1) is 0 Å². The molecule has 0 saturated heterocycles. The van der Waals surface area contributed by atoms with Crippen molar-refractivity contribution in [2.45, 2.75) is 37.1 Å². The smallest absolute Gasteiger partial charge is 0.320 e. The summed E-state index contributed by atoms with van der Waals surface area (Å²) in [7, 11) is 0. The van der Waals surface area contributed by atoms with Crippen LogP contribution in [-0.4, -0.2) is 70.6 Å². The topological polar surface area (TPSA) is 173 Å². The zero-order valence-corrected chi connectivity index (χ0v) is 14.8. The minimum Gasteiger partial charge on any atom is -0.480 e. The van der Waals surface area contributed by atoms with Crippen molar-refractivity contribution in [3.8, 4) is 0 Å². The summed E-state index contributed by atoms with van der Waals surface area (Å²) in [5.41, 5.74) is 12.3. The first kappa shape index (κ1) is 18.8. The number of carbonyl (C=O) groups is 1. The predicted molar refractivity (Wildman–Crippen MR) is 96.4 cm³/mol. The van der Waals surface area contributed by atoms with Crippen LogP contribution in [0, 0.1) is 5.92 Å². The van der Waals surface area contributed by atoms with Crippen molar-refractivity contribution < 1.29 is 20.1 Å². The van der Waals surface area contributed by atoms with E-state index in [9.17, 15) is 15.0 Å². The van der Waals surface area contributed by atoms with Crippen LogP contribution >= 0.6 is 11.8 Å². The van der Waals surface area contributed by atoms with Crippen LogP contribution in [0.5, 0.6) is 0 Å². The second-order valence-corrected chi connectivity index (χ2v) is 7.59. The number of imidazole rings is 1. The Balaban J connectivity index is 1.64. The summed E-state index contributed by atoms with van der Waals surface area (Å²) in [6, 6.07) is -1.24. The van der Waals surface area contributed by atoms with Crippen LogP contribution in [0.1, 0.15) is 18.9 Å². The van der Waals surface area contributed by atoms with Crippen molar-refractivity contribution in [2.75, 3.05) is 17.2 Å². The van der Waals surface area contributed by atoms with Gasteiger partial charge in [0, 0.05) is 0 Å². The third-order valence-electron chi connectivity index (χ3n) is 4.74. The van der Waals surface area contributed by atoms with E-state index in [-0.39, 0.29) is 17.8 Å². The highest BCUT2D eigenvalue weighted by Gasteiger charge is 2.42. The van der Waals surface area contributed by atoms with Crippen molar-refractivity contribution >= 4 is 34.7 Å². The largest absolute Gasteiger partial charge is 0.480 e. The lowest BCUT2D eigenvalue weighted by molar-refractivity contribution is -0.138. The van der Waals surface area contributed by atoms with Gasteiger partial charge in [0.05, 0.1) is 18.5 Å². The van der Waals surface area contributed by atoms with E-state index < -0.39 is 24.2 Å². The van der Waals surface area contributed by atoms with E-state index in [0.29, 0.717) is 35.5 Å². The van der Waals surface area contributed by atoms with Gasteiger partial charge in [0.2, 0.25) is 0 Å². The summed E-state index contributed by atoms with van der Waals surface area (Å²) >= 11 is 1.52. The molecule has 26 heavy (non-hydrogen) atoms. The zero-order valence-electron chi connectivity index (χ0n) is 14.0. The Bertz CT molecular complexity index is 787. The number of nitrogens with zero attached hydrogens (tertiary/aromatic N) is 4. The molecule has 5 atom stereocenters. The fraction of sp³-hybridized carbons (Fsp3) is 0.600. The number of hydrogen-bond acceptors (Lipinski definition) is 9. The maximum Gasteiger partial charge on any atom is 0.320 e. The summed E-state index contributed by atoms with van der Waals surface area (Å²) in [4.78, 5) is 23.0. The first-order chi connectivity index (χ1) is 12.4. The van der Waals surface area contributed by atoms with Gasteiger partial charge >= 0.3 is 5.97 Å². The van der Waals surface area contributed by atoms with E-state index in [0.717, 1.165) is 0 Å². The average molecular weight is 382 g/mol. The van der Waals surface area contributed by atoms with Crippen LogP contribution in [0.3, 0.4) is 0 Å². The molecule has 2 aromatic heterocycles. The molecule has 0 aromatic carbocycles. The Labute approximate surface area is 153 Å². The molecular formula is C15H22N6O4S. The summed E-state index contributed by atoms with van der Waals surface area (Å²) in [6.07, 6.45) is 1.98. The number of nitrogen functional groups attached to an aromatic ring is 1. The van der Waals surface area contributed by atoms with Crippen LogP contribution in [0.15, 0.2) is 12.7 Å². The number of aliphatic hydroxyl groups excluding tert-OH is 2. The van der Waals surface area contributed by atoms with Gasteiger partial charge in [0.1, 0.15) is 24.0 Å². The number of hydrogen-bond donors (Lipinski definition) is 5. The van der Waals surface area contributed by atoms with E-state index in [4.69, 9.17) is 16.6 Å². The standard InChI is InChI=1S/C15H22N6O4S/c16-8(15(24)25)1-2-26-4-7-3-9(12(23)11(7)22)21-6-20-10-13(17)18-5-19-14(10)21/h5-9,11-12,22-23H,1-4,16H2,(H,24,25)(H2,17,18,19)/t7-,8-,9-,11?,12+/m0/s1. The number of aliphatic hydroxyl groups is 2. The van der Waals surface area contributed by atoms with Gasteiger partial charge in [0.25, 0.3) is 0 Å². The van der Waals surface area contributed by atoms with E-state index in [1.54, 1.807) is 10.9 Å². The molecule has 1 fully saturated rings. The number of aromatic nitrogens is 4. The van der Waals surface area contributed by atoms with E-state index in [1.807, 2.05) is 0 Å². The highest BCUT2D eigenvalue weighted by molar-refractivity contribution is 7.99. The number of rotatable bonds is 7. The normalized spacial score (nSPS) is 27.0. The third-order valence-corrected chi connectivity index (χ3v) is 5.93. The van der Waals surface area contributed by atoms with E-state index in [1.165, 1.54) is 18.1 Å². The second-order valence-electron chi connectivity index (χ2n) is 6.44. The summed E-state index contributed by atoms with van der Waals surface area (Å²) in [5, 5.41) is 29.6. The summed E-state index contributed by atoms with van der Waals surface area (Å²) in [6.45, 7) is 0. The van der Waals surface area contributed by atoms with Gasteiger partial charge in [-0.2, -0.15) is 11.8 Å². The van der Waals surface area contributed by atoms with Crippen LogP contribution in [-0.2, 0) is 4.79 Å². The van der Waals surface area contributed by atoms with Crippen LogP contribution in [0.4, 0.5) is 5.82 Å². The average Bonchev–Trinajstić information content (AvgIpc) is 3.15. The number of nitrogens with two attached hydrogens (primary N) is 2. The molecule has 0 spiro atoms. The second kappa shape index (κ2) is 7.74. The molecule has 1 aliphatic carbocycles. The Morgan fingerprint density at radius 2 is 2.12 bits per heavy atom. The molecule has 142 valence electrons. The molecule has 7 N–H and O–H groups in total. The first-order valence-electron chi connectivity index (χ1n) is 8.25. The molecule has 10 nitrogen and oxygen atoms in total. The SMILES string of the molecule is Nc1ncnc2c1ncn2[C@H]1C[C@@H](CSCC[C@H](N)C(=O)O)C(O)[C@@H]1O. The first-order valence-corrected chi connectivity index (χ1v) is 9.41. The molecule has 2 aromatic rings. The van der Waals surface area contributed by atoms with Crippen LogP contribution in [0.2, 0.25) is 0 Å². The minimum absolute atomic E-state index is 0.127. The monoisotopic (exact) mass is 382 g/mol. The van der Waals surface area contributed by atoms with Crippen LogP contribution in [0.25, 0.3) is 11.2 Å². The van der Waals surface area contributed by atoms with Crippen molar-refractivity contribution in [1.29, 1.82) is 0 Å². The lowest BCUT2D eigenvalue weighted by Gasteiger charge is -2.18. The Morgan fingerprint density at radius 1 is 1.35 bits per heavy atom. The number of carboxylic acids is 1. The zero-order chi connectivity index (χ0) is 18.8. The van der Waals surface area contributed by atoms with E-state index >= 15 is 0 Å². The van der Waals surface area contributed by atoms with Gasteiger partial charge < -0.3 is 31.4 Å². The number of fused-ring (bicyclic) bond motifs is 1. The highest BCUT2D eigenvalue weighted by atomic mass is 32.2. The molecule has 1 aliphatic rings. The Kier molecular flexibility index (Phi) is 5.61. The maximum atomic E-state index is 10.7. The molecule has 1 saturated carbocycles. The number of thioether (sulfide) groups is 1. The molecule has 0 bridgehead atoms. The van der Waals surface area contributed by atoms with Gasteiger partial charge in [-0.25, -0.2) is 15.0 Å². The van der Waals surface area contributed by atoms with Crippen molar-refractivity contribution in [1.82, 2.24) is 19.5 Å². The third kappa shape index (κ3) is 3.61. The lowest BCUT2D eigenvalue weighted by atomic mass is 10.1. The lowest BCUT2D eigenvalue weighted by Crippen LogP contribution is -2.31. The number of carboxylic acid groups (broad SMARTS) is 1. The van der Waals surface area contributed by atoms with Gasteiger partial charge in [-0.1, -0.05) is 0 Å². The van der Waals surface area contributed by atoms with E-state index in [2.05, 4.69) is 15.0 Å². The Hall–Kier alpha value is -1.95. The van der Waals surface area contributed by atoms with Crippen molar-refractivity contribution in [3.63, 3.8) is 0 Å². The molecule has 11 heteroatoms. The predicted octanol–water partition coefficient (Wildman–Crippen LogP) is -0.773. The highest BCUT2D eigenvalue weighted by Crippen LogP contribution is 2.38. The fourth-order valence-electron chi connectivity index (χ4n) is 3.22. The molecule has 3 rings (SSSR count). The van der Waals surface area contributed by atoms with Crippen LogP contribution < -0.4 is 11.5 Å². The summed E-state index contributed by atoms with van der Waals surface area (Å²) in [5.74, 6) is 0.302. The molecule has 0 aliphatic heterocycles. The molecule has 0 radical (unpaired) electrons. The van der Waals surface area contributed by atoms with Gasteiger partial charge in [-0.3, -0.25) is 4.79 Å². The molecule has 1 unspecified atom stereocenters. The quantitative estimate of drug-likeness (QED) is 0.382. The van der Waals surface area contributed by atoms with Gasteiger partial charge in [0.15, 0.2) is 11.5 Å². The molecule has 0 amide bonds. The number of anilines is 1. The molecular weight excluding hydrogens is 360 g/mol. The van der Waals surface area contributed by atoms with Crippen molar-refractivity contribution in [2.24, 2.45) is 11.7 Å². The molecule has 2 heterocycles. The van der Waals surface area contributed by atoms with Gasteiger partial charge in [-0.05, 0) is 30.3 Å². The minimum atomic E-state index is -1.02.